The molecule has 2 aliphatic rings. The van der Waals surface area contributed by atoms with E-state index in [1.54, 1.807) is 0 Å². The molecule has 2 fully saturated rings. The van der Waals surface area contributed by atoms with Gasteiger partial charge < -0.3 is 5.32 Å². The molecule has 0 spiro atoms. The van der Waals surface area contributed by atoms with Gasteiger partial charge in [-0.05, 0) is 12.3 Å². The van der Waals surface area contributed by atoms with E-state index >= 15 is 0 Å². The Bertz CT molecular complexity index is 439. The molecule has 3 heterocycles. The van der Waals surface area contributed by atoms with Gasteiger partial charge in [-0.25, -0.2) is 4.98 Å². The number of nitrogens with one attached hydrogen (secondary N) is 1. The molecule has 0 bridgehead atoms. The van der Waals surface area contributed by atoms with Crippen LogP contribution in [0.2, 0.25) is 0 Å². The van der Waals surface area contributed by atoms with Gasteiger partial charge in [0.2, 0.25) is 0 Å². The fourth-order valence-electron chi connectivity index (χ4n) is 3.39. The van der Waals surface area contributed by atoms with Crippen molar-refractivity contribution in [3.8, 4) is 0 Å². The van der Waals surface area contributed by atoms with Crippen LogP contribution in [0.5, 0.6) is 0 Å². The standard InChI is InChI=1S/C16H28N4S/c1-13(2)9-16-18-10-15(21-16)12-19-6-3-14(11-19)20-7-4-17-5-8-20/h10,13-14,17H,3-9,11-12H2,1-2H3. The smallest absolute Gasteiger partial charge is 0.0930 e. The van der Waals surface area contributed by atoms with E-state index in [-0.39, 0.29) is 0 Å². The molecule has 2 aliphatic heterocycles. The maximum Gasteiger partial charge on any atom is 0.0930 e. The second-order valence-corrected chi connectivity index (χ2v) is 7.98. The van der Waals surface area contributed by atoms with Gasteiger partial charge in [-0.3, -0.25) is 9.80 Å². The highest BCUT2D eigenvalue weighted by Crippen LogP contribution is 2.22. The van der Waals surface area contributed by atoms with E-state index < -0.39 is 0 Å². The number of hydrogen-bond donors (Lipinski definition) is 1. The average Bonchev–Trinajstić information content (AvgIpc) is 3.09. The van der Waals surface area contributed by atoms with Crippen LogP contribution >= 0.6 is 11.3 Å². The summed E-state index contributed by atoms with van der Waals surface area (Å²) in [7, 11) is 0. The van der Waals surface area contributed by atoms with Crippen LogP contribution in [0, 0.1) is 5.92 Å². The lowest BCUT2D eigenvalue weighted by Crippen LogP contribution is -2.49. The molecule has 1 unspecified atom stereocenters. The molecule has 1 aromatic heterocycles. The number of hydrogen-bond acceptors (Lipinski definition) is 5. The van der Waals surface area contributed by atoms with Gasteiger partial charge in [-0.15, -0.1) is 11.3 Å². The summed E-state index contributed by atoms with van der Waals surface area (Å²) in [5, 5.41) is 4.75. The van der Waals surface area contributed by atoms with Gasteiger partial charge in [0, 0.05) is 69.3 Å². The van der Waals surface area contributed by atoms with Crippen molar-refractivity contribution in [2.45, 2.75) is 39.3 Å². The zero-order valence-electron chi connectivity index (χ0n) is 13.3. The van der Waals surface area contributed by atoms with E-state index in [1.807, 2.05) is 11.3 Å². The Kier molecular flexibility index (Phi) is 5.27. The minimum Gasteiger partial charge on any atom is -0.314 e. The highest BCUT2D eigenvalue weighted by atomic mass is 32.1. The number of aromatic nitrogens is 1. The Balaban J connectivity index is 1.48. The molecule has 21 heavy (non-hydrogen) atoms. The predicted molar refractivity (Wildman–Crippen MR) is 88.8 cm³/mol. The Labute approximate surface area is 132 Å². The first kappa shape index (κ1) is 15.4. The summed E-state index contributed by atoms with van der Waals surface area (Å²) in [6.07, 6.45) is 4.55. The molecule has 0 aromatic carbocycles. The molecule has 5 heteroatoms. The Hall–Kier alpha value is -0.490. The predicted octanol–water partition coefficient (Wildman–Crippen LogP) is 1.82. The lowest BCUT2D eigenvalue weighted by Gasteiger charge is -2.32. The Morgan fingerprint density at radius 1 is 1.33 bits per heavy atom. The van der Waals surface area contributed by atoms with Gasteiger partial charge in [-0.2, -0.15) is 0 Å². The fraction of sp³-hybridized carbons (Fsp3) is 0.812. The summed E-state index contributed by atoms with van der Waals surface area (Å²) in [4.78, 5) is 11.3. The molecule has 0 amide bonds. The largest absolute Gasteiger partial charge is 0.314 e. The highest BCUT2D eigenvalue weighted by Gasteiger charge is 2.28. The third-order valence-electron chi connectivity index (χ3n) is 4.48. The van der Waals surface area contributed by atoms with Gasteiger partial charge >= 0.3 is 0 Å². The first-order valence-electron chi connectivity index (χ1n) is 8.31. The van der Waals surface area contributed by atoms with Crippen molar-refractivity contribution in [1.82, 2.24) is 20.1 Å². The third-order valence-corrected chi connectivity index (χ3v) is 5.48. The quantitative estimate of drug-likeness (QED) is 0.899. The third kappa shape index (κ3) is 4.25. The Morgan fingerprint density at radius 2 is 2.14 bits per heavy atom. The lowest BCUT2D eigenvalue weighted by atomic mass is 10.1. The molecule has 3 rings (SSSR count). The van der Waals surface area contributed by atoms with Crippen LogP contribution in [0.25, 0.3) is 0 Å². The van der Waals surface area contributed by atoms with Gasteiger partial charge in [0.15, 0.2) is 0 Å². The van der Waals surface area contributed by atoms with E-state index in [2.05, 4.69) is 40.1 Å². The maximum atomic E-state index is 4.58. The van der Waals surface area contributed by atoms with Crippen molar-refractivity contribution in [3.63, 3.8) is 0 Å². The summed E-state index contributed by atoms with van der Waals surface area (Å²) in [6.45, 7) is 12.9. The van der Waals surface area contributed by atoms with E-state index in [0.717, 1.165) is 32.1 Å². The number of rotatable bonds is 5. The maximum absolute atomic E-state index is 4.58. The zero-order chi connectivity index (χ0) is 14.7. The van der Waals surface area contributed by atoms with E-state index in [4.69, 9.17) is 0 Å². The topological polar surface area (TPSA) is 31.4 Å². The molecule has 0 saturated carbocycles. The molecule has 0 radical (unpaired) electrons. The van der Waals surface area contributed by atoms with E-state index in [1.165, 1.54) is 42.5 Å². The second kappa shape index (κ2) is 7.18. The SMILES string of the molecule is CC(C)Cc1ncc(CN2CCC(N3CCNCC3)C2)s1. The molecule has 0 aliphatic carbocycles. The van der Waals surface area contributed by atoms with Crippen LogP contribution in [-0.4, -0.2) is 60.1 Å². The van der Waals surface area contributed by atoms with Crippen LogP contribution in [0.4, 0.5) is 0 Å². The second-order valence-electron chi connectivity index (χ2n) is 6.78. The highest BCUT2D eigenvalue weighted by molar-refractivity contribution is 7.11. The van der Waals surface area contributed by atoms with Crippen LogP contribution in [0.1, 0.15) is 30.2 Å². The Morgan fingerprint density at radius 3 is 2.90 bits per heavy atom. The summed E-state index contributed by atoms with van der Waals surface area (Å²) in [5.74, 6) is 0.702. The number of likely N-dealkylation sites (tertiary alicyclic amines) is 1. The summed E-state index contributed by atoms with van der Waals surface area (Å²) in [6, 6.07) is 0.773. The number of piperazine rings is 1. The summed E-state index contributed by atoms with van der Waals surface area (Å²) < 4.78 is 0. The normalized spacial score (nSPS) is 25.0. The first-order chi connectivity index (χ1) is 10.2. The van der Waals surface area contributed by atoms with Crippen LogP contribution in [0.3, 0.4) is 0 Å². The van der Waals surface area contributed by atoms with Crippen molar-refractivity contribution in [2.75, 3.05) is 39.3 Å². The van der Waals surface area contributed by atoms with Crippen molar-refractivity contribution >= 4 is 11.3 Å². The zero-order valence-corrected chi connectivity index (χ0v) is 14.2. The fourth-order valence-corrected chi connectivity index (χ4v) is 4.56. The van der Waals surface area contributed by atoms with Crippen molar-refractivity contribution in [3.05, 3.63) is 16.1 Å². The van der Waals surface area contributed by atoms with Crippen LogP contribution in [-0.2, 0) is 13.0 Å². The monoisotopic (exact) mass is 308 g/mol. The molecule has 1 atom stereocenters. The van der Waals surface area contributed by atoms with Gasteiger partial charge in [0.05, 0.1) is 5.01 Å². The van der Waals surface area contributed by atoms with Crippen molar-refractivity contribution < 1.29 is 0 Å². The summed E-state index contributed by atoms with van der Waals surface area (Å²) in [5.41, 5.74) is 0. The van der Waals surface area contributed by atoms with E-state index in [9.17, 15) is 0 Å². The molecule has 4 nitrogen and oxygen atoms in total. The molecule has 2 saturated heterocycles. The van der Waals surface area contributed by atoms with Gasteiger partial charge in [0.25, 0.3) is 0 Å². The minimum atomic E-state index is 0.702. The minimum absolute atomic E-state index is 0.702. The number of nitrogens with zero attached hydrogens (tertiary/aromatic N) is 3. The molecule has 118 valence electrons. The van der Waals surface area contributed by atoms with E-state index in [0.29, 0.717) is 5.92 Å². The average molecular weight is 308 g/mol. The van der Waals surface area contributed by atoms with Crippen molar-refractivity contribution in [1.29, 1.82) is 0 Å². The lowest BCUT2D eigenvalue weighted by molar-refractivity contribution is 0.170. The molecule has 1 aromatic rings. The summed E-state index contributed by atoms with van der Waals surface area (Å²) >= 11 is 1.91. The first-order valence-corrected chi connectivity index (χ1v) is 9.13. The van der Waals surface area contributed by atoms with Crippen LogP contribution < -0.4 is 5.32 Å². The molecular formula is C16H28N4S. The van der Waals surface area contributed by atoms with Gasteiger partial charge in [-0.1, -0.05) is 13.8 Å². The van der Waals surface area contributed by atoms with Gasteiger partial charge in [0.1, 0.15) is 0 Å². The number of thiazole rings is 1. The van der Waals surface area contributed by atoms with Crippen molar-refractivity contribution in [2.24, 2.45) is 5.92 Å². The van der Waals surface area contributed by atoms with Crippen LogP contribution in [0.15, 0.2) is 6.20 Å². The molecule has 1 N–H and O–H groups in total. The molecular weight excluding hydrogens is 280 g/mol.